The minimum Gasteiger partial charge on any atom is -0.337 e. The van der Waals surface area contributed by atoms with Crippen LogP contribution < -0.4 is 0 Å². The first-order valence-electron chi connectivity index (χ1n) is 4.44. The molecular weight excluding hydrogens is 178 g/mol. The Kier molecular flexibility index (Phi) is 2.48. The molecule has 2 aromatic rings. The minimum atomic E-state index is 0.804. The van der Waals surface area contributed by atoms with Gasteiger partial charge in [0.15, 0.2) is 0 Å². The molecule has 14 heavy (non-hydrogen) atoms. The molecule has 2 heterocycles. The second kappa shape index (κ2) is 3.95. The van der Waals surface area contributed by atoms with Gasteiger partial charge in [-0.3, -0.25) is 0 Å². The molecule has 0 bridgehead atoms. The highest BCUT2D eigenvalue weighted by molar-refractivity contribution is 4.93. The van der Waals surface area contributed by atoms with Gasteiger partial charge in [0.05, 0.1) is 12.0 Å². The van der Waals surface area contributed by atoms with E-state index in [-0.39, 0.29) is 0 Å². The molecule has 72 valence electrons. The van der Waals surface area contributed by atoms with Gasteiger partial charge in [-0.1, -0.05) is 0 Å². The molecule has 0 fully saturated rings. The fourth-order valence-electron chi connectivity index (χ4n) is 1.22. The molecule has 0 aliphatic carbocycles. The molecule has 0 aromatic carbocycles. The molecule has 0 radical (unpaired) electrons. The highest BCUT2D eigenvalue weighted by atomic mass is 15.0. The number of nitrogens with zero attached hydrogens (tertiary/aromatic N) is 5. The summed E-state index contributed by atoms with van der Waals surface area (Å²) in [5.74, 6) is 0.811. The number of rotatable bonds is 3. The fraction of sp³-hybridized carbons (Fsp3) is 0.333. The summed E-state index contributed by atoms with van der Waals surface area (Å²) in [5, 5.41) is 0. The van der Waals surface area contributed by atoms with Crippen LogP contribution in [0.25, 0.3) is 0 Å². The SMILES string of the molecule is Cc1cn(CCc2ncncn2)cn1. The van der Waals surface area contributed by atoms with Crippen molar-refractivity contribution in [3.8, 4) is 0 Å². The third-order valence-electron chi connectivity index (χ3n) is 1.90. The predicted molar refractivity (Wildman–Crippen MR) is 50.5 cm³/mol. The lowest BCUT2D eigenvalue weighted by Crippen LogP contribution is -2.02. The predicted octanol–water partition coefficient (Wildman–Crippen LogP) is 0.619. The highest BCUT2D eigenvalue weighted by Crippen LogP contribution is 1.96. The van der Waals surface area contributed by atoms with Crippen molar-refractivity contribution in [2.75, 3.05) is 0 Å². The van der Waals surface area contributed by atoms with E-state index < -0.39 is 0 Å². The molecule has 2 rings (SSSR count). The summed E-state index contributed by atoms with van der Waals surface area (Å²) in [4.78, 5) is 16.0. The van der Waals surface area contributed by atoms with Crippen LogP contribution in [0.5, 0.6) is 0 Å². The van der Waals surface area contributed by atoms with Gasteiger partial charge in [0.1, 0.15) is 18.5 Å². The Labute approximate surface area is 81.9 Å². The Hall–Kier alpha value is -1.78. The first-order valence-corrected chi connectivity index (χ1v) is 4.44. The first kappa shape index (κ1) is 8.80. The molecule has 0 unspecified atom stereocenters. The highest BCUT2D eigenvalue weighted by Gasteiger charge is 1.97. The Bertz CT molecular complexity index is 395. The van der Waals surface area contributed by atoms with Gasteiger partial charge in [-0.25, -0.2) is 19.9 Å². The zero-order valence-corrected chi connectivity index (χ0v) is 7.96. The summed E-state index contributed by atoms with van der Waals surface area (Å²) in [5.41, 5.74) is 1.03. The van der Waals surface area contributed by atoms with E-state index in [1.807, 2.05) is 24.0 Å². The van der Waals surface area contributed by atoms with Crippen molar-refractivity contribution in [2.24, 2.45) is 0 Å². The largest absolute Gasteiger partial charge is 0.337 e. The van der Waals surface area contributed by atoms with Gasteiger partial charge >= 0.3 is 0 Å². The van der Waals surface area contributed by atoms with E-state index in [1.54, 1.807) is 0 Å². The topological polar surface area (TPSA) is 56.5 Å². The molecule has 5 nitrogen and oxygen atoms in total. The van der Waals surface area contributed by atoms with E-state index in [0.29, 0.717) is 0 Å². The average Bonchev–Trinajstić information content (AvgIpc) is 2.63. The number of hydrogen-bond donors (Lipinski definition) is 0. The lowest BCUT2D eigenvalue weighted by atomic mass is 10.4. The van der Waals surface area contributed by atoms with E-state index in [2.05, 4.69) is 19.9 Å². The Morgan fingerprint density at radius 3 is 2.64 bits per heavy atom. The smallest absolute Gasteiger partial charge is 0.133 e. The summed E-state index contributed by atoms with van der Waals surface area (Å²) < 4.78 is 2.03. The number of aryl methyl sites for hydroxylation is 3. The van der Waals surface area contributed by atoms with E-state index in [0.717, 1.165) is 24.5 Å². The summed E-state index contributed by atoms with van der Waals surface area (Å²) >= 11 is 0. The van der Waals surface area contributed by atoms with Gasteiger partial charge < -0.3 is 4.57 Å². The van der Waals surface area contributed by atoms with E-state index in [4.69, 9.17) is 0 Å². The lowest BCUT2D eigenvalue weighted by molar-refractivity contribution is 0.666. The molecule has 0 aliphatic rings. The van der Waals surface area contributed by atoms with Crippen LogP contribution >= 0.6 is 0 Å². The van der Waals surface area contributed by atoms with Crippen molar-refractivity contribution in [3.05, 3.63) is 36.7 Å². The minimum absolute atomic E-state index is 0.804. The number of aromatic nitrogens is 5. The van der Waals surface area contributed by atoms with E-state index >= 15 is 0 Å². The summed E-state index contributed by atoms with van der Waals surface area (Å²) in [6.07, 6.45) is 7.65. The maximum absolute atomic E-state index is 4.14. The van der Waals surface area contributed by atoms with Gasteiger partial charge in [0.2, 0.25) is 0 Å². The summed E-state index contributed by atoms with van der Waals surface area (Å²) in [7, 11) is 0. The maximum Gasteiger partial charge on any atom is 0.133 e. The molecule has 0 N–H and O–H groups in total. The summed E-state index contributed by atoms with van der Waals surface area (Å²) in [6, 6.07) is 0. The monoisotopic (exact) mass is 189 g/mol. The van der Waals surface area contributed by atoms with E-state index in [9.17, 15) is 0 Å². The standard InChI is InChI=1S/C9H11N5/c1-8-4-14(7-13-8)3-2-9-11-5-10-6-12-9/h4-7H,2-3H2,1H3. The van der Waals surface area contributed by atoms with Crippen LogP contribution in [0.15, 0.2) is 25.2 Å². The maximum atomic E-state index is 4.14. The molecule has 0 saturated carbocycles. The molecule has 0 atom stereocenters. The molecule has 0 amide bonds. The third-order valence-corrected chi connectivity index (χ3v) is 1.90. The van der Waals surface area contributed by atoms with Crippen LogP contribution in [0.3, 0.4) is 0 Å². The van der Waals surface area contributed by atoms with E-state index in [1.165, 1.54) is 12.7 Å². The van der Waals surface area contributed by atoms with Gasteiger partial charge in [-0.05, 0) is 6.92 Å². The molecule has 2 aromatic heterocycles. The Morgan fingerprint density at radius 2 is 2.00 bits per heavy atom. The van der Waals surface area contributed by atoms with Crippen LogP contribution in [-0.4, -0.2) is 24.5 Å². The average molecular weight is 189 g/mol. The van der Waals surface area contributed by atoms with Crippen molar-refractivity contribution in [1.29, 1.82) is 0 Å². The van der Waals surface area contributed by atoms with Crippen molar-refractivity contribution >= 4 is 0 Å². The lowest BCUT2D eigenvalue weighted by Gasteiger charge is -1.99. The number of hydrogen-bond acceptors (Lipinski definition) is 4. The summed E-state index contributed by atoms with van der Waals surface area (Å²) in [6.45, 7) is 2.82. The first-order chi connectivity index (χ1) is 6.84. The van der Waals surface area contributed by atoms with Crippen LogP contribution in [0.4, 0.5) is 0 Å². The van der Waals surface area contributed by atoms with Gasteiger partial charge in [0.25, 0.3) is 0 Å². The van der Waals surface area contributed by atoms with Crippen molar-refractivity contribution < 1.29 is 0 Å². The third kappa shape index (κ3) is 2.12. The molecule has 5 heteroatoms. The Morgan fingerprint density at radius 1 is 1.21 bits per heavy atom. The zero-order chi connectivity index (χ0) is 9.80. The van der Waals surface area contributed by atoms with Crippen LogP contribution in [-0.2, 0) is 13.0 Å². The van der Waals surface area contributed by atoms with Gasteiger partial charge in [-0.2, -0.15) is 0 Å². The Balaban J connectivity index is 1.95. The van der Waals surface area contributed by atoms with Crippen molar-refractivity contribution in [1.82, 2.24) is 24.5 Å². The van der Waals surface area contributed by atoms with Gasteiger partial charge in [-0.15, -0.1) is 0 Å². The quantitative estimate of drug-likeness (QED) is 0.710. The second-order valence-corrected chi connectivity index (χ2v) is 3.06. The molecule has 0 aliphatic heterocycles. The van der Waals surface area contributed by atoms with Gasteiger partial charge in [0, 0.05) is 19.2 Å². The fourth-order valence-corrected chi connectivity index (χ4v) is 1.22. The molecular formula is C9H11N5. The van der Waals surface area contributed by atoms with Crippen LogP contribution in [0.2, 0.25) is 0 Å². The van der Waals surface area contributed by atoms with Crippen LogP contribution in [0.1, 0.15) is 11.5 Å². The van der Waals surface area contributed by atoms with Crippen LogP contribution in [0, 0.1) is 6.92 Å². The zero-order valence-electron chi connectivity index (χ0n) is 7.96. The van der Waals surface area contributed by atoms with Crippen molar-refractivity contribution in [3.63, 3.8) is 0 Å². The second-order valence-electron chi connectivity index (χ2n) is 3.06. The van der Waals surface area contributed by atoms with Crippen molar-refractivity contribution in [2.45, 2.75) is 19.9 Å². The normalized spacial score (nSPS) is 10.4. The molecule has 0 saturated heterocycles. The molecule has 0 spiro atoms. The number of imidazole rings is 1.